The van der Waals surface area contributed by atoms with Gasteiger partial charge in [-0.2, -0.15) is 0 Å². The van der Waals surface area contributed by atoms with Crippen molar-refractivity contribution in [3.63, 3.8) is 0 Å². The molecule has 1 aliphatic heterocycles. The third kappa shape index (κ3) is 1.62. The first-order valence-corrected chi connectivity index (χ1v) is 4.10. The molecule has 1 atom stereocenters. The molecule has 0 aromatic carbocycles. The van der Waals surface area contributed by atoms with E-state index in [1.165, 1.54) is 0 Å². The monoisotopic (exact) mass is 184 g/mol. The van der Waals surface area contributed by atoms with Crippen molar-refractivity contribution in [1.82, 2.24) is 5.32 Å². The van der Waals surface area contributed by atoms with E-state index in [2.05, 4.69) is 5.32 Å². The molecule has 0 radical (unpaired) electrons. The maximum Gasteiger partial charge on any atom is 0.146 e. The summed E-state index contributed by atoms with van der Waals surface area (Å²) >= 11 is 0. The minimum Gasteiger partial charge on any atom is -0.373 e. The lowest BCUT2D eigenvalue weighted by Crippen LogP contribution is -2.38. The molecule has 1 rings (SSSR count). The Hall–Kier alpha value is -1.16. The topological polar surface area (TPSA) is 55.1 Å². The van der Waals surface area contributed by atoms with Crippen LogP contribution in [-0.4, -0.2) is 18.9 Å². The number of hydrogen-bond donors (Lipinski definition) is 2. The van der Waals surface area contributed by atoms with E-state index in [0.717, 1.165) is 6.29 Å². The number of aldehydes is 1. The van der Waals surface area contributed by atoms with Gasteiger partial charge in [-0.3, -0.25) is 0 Å². The largest absolute Gasteiger partial charge is 0.373 e. The summed E-state index contributed by atoms with van der Waals surface area (Å²) in [6.07, 6.45) is 0.738. The van der Waals surface area contributed by atoms with Crippen molar-refractivity contribution < 1.29 is 9.18 Å². The molecule has 72 valence electrons. The van der Waals surface area contributed by atoms with Gasteiger partial charge in [0.2, 0.25) is 0 Å². The highest BCUT2D eigenvalue weighted by Gasteiger charge is 2.23. The second-order valence-electron chi connectivity index (χ2n) is 3.05. The van der Waals surface area contributed by atoms with E-state index in [1.54, 1.807) is 13.8 Å². The normalized spacial score (nSPS) is 23.2. The minimum absolute atomic E-state index is 0.197. The van der Waals surface area contributed by atoms with Crippen LogP contribution in [0.5, 0.6) is 0 Å². The fourth-order valence-electron chi connectivity index (χ4n) is 1.44. The second kappa shape index (κ2) is 3.70. The van der Waals surface area contributed by atoms with Crippen LogP contribution in [0.1, 0.15) is 13.8 Å². The maximum atomic E-state index is 13.3. The van der Waals surface area contributed by atoms with Gasteiger partial charge in [0.15, 0.2) is 0 Å². The third-order valence-electron chi connectivity index (χ3n) is 2.24. The Kier molecular flexibility index (Phi) is 2.83. The molecule has 13 heavy (non-hydrogen) atoms. The van der Waals surface area contributed by atoms with Crippen LogP contribution in [0.15, 0.2) is 22.7 Å². The number of allylic oxidation sites excluding steroid dienone is 3. The molecular weight excluding hydrogens is 171 g/mol. The van der Waals surface area contributed by atoms with Crippen LogP contribution in [0.4, 0.5) is 4.39 Å². The van der Waals surface area contributed by atoms with Crippen LogP contribution in [0.25, 0.3) is 0 Å². The van der Waals surface area contributed by atoms with Gasteiger partial charge in [-0.15, -0.1) is 0 Å². The quantitative estimate of drug-likeness (QED) is 0.619. The van der Waals surface area contributed by atoms with Crippen LogP contribution in [0.2, 0.25) is 0 Å². The number of dihydropyridines is 1. The zero-order valence-corrected chi connectivity index (χ0v) is 7.73. The molecule has 0 fully saturated rings. The standard InChI is InChI=1S/C9H13FN2O/c1-5-7(3-11)8(4-13)12-6(2)9(5)10/h4,8,12H,3,11H2,1-2H3. The number of nitrogens with two attached hydrogens (primary N) is 1. The molecular formula is C9H13FN2O. The predicted molar refractivity (Wildman–Crippen MR) is 48.6 cm³/mol. The van der Waals surface area contributed by atoms with E-state index >= 15 is 0 Å². The Morgan fingerprint density at radius 2 is 2.23 bits per heavy atom. The van der Waals surface area contributed by atoms with Gasteiger partial charge in [0.25, 0.3) is 0 Å². The van der Waals surface area contributed by atoms with Gasteiger partial charge < -0.3 is 15.8 Å². The van der Waals surface area contributed by atoms with E-state index in [4.69, 9.17) is 5.73 Å². The van der Waals surface area contributed by atoms with Crippen molar-refractivity contribution in [3.05, 3.63) is 22.7 Å². The Morgan fingerprint density at radius 1 is 1.62 bits per heavy atom. The third-order valence-corrected chi connectivity index (χ3v) is 2.24. The van der Waals surface area contributed by atoms with Gasteiger partial charge in [-0.25, -0.2) is 4.39 Å². The Labute approximate surface area is 76.5 Å². The maximum absolute atomic E-state index is 13.3. The van der Waals surface area contributed by atoms with Crippen LogP contribution in [0.3, 0.4) is 0 Å². The molecule has 0 saturated heterocycles. The summed E-state index contributed by atoms with van der Waals surface area (Å²) in [5, 5.41) is 2.75. The van der Waals surface area contributed by atoms with Crippen LogP contribution >= 0.6 is 0 Å². The van der Waals surface area contributed by atoms with Gasteiger partial charge in [-0.1, -0.05) is 0 Å². The first kappa shape index (κ1) is 9.92. The number of hydrogen-bond acceptors (Lipinski definition) is 3. The first-order valence-electron chi connectivity index (χ1n) is 4.10. The molecule has 3 nitrogen and oxygen atoms in total. The molecule has 4 heteroatoms. The average Bonchev–Trinajstić information content (AvgIpc) is 2.13. The lowest BCUT2D eigenvalue weighted by Gasteiger charge is -2.24. The van der Waals surface area contributed by atoms with Gasteiger partial charge >= 0.3 is 0 Å². The highest BCUT2D eigenvalue weighted by molar-refractivity contribution is 5.67. The van der Waals surface area contributed by atoms with Crippen molar-refractivity contribution in [2.45, 2.75) is 19.9 Å². The molecule has 0 saturated carbocycles. The average molecular weight is 184 g/mol. The SMILES string of the molecule is CC1=C(F)C(C)=C(CN)C(C=O)N1. The first-order chi connectivity index (χ1) is 6.11. The fourth-order valence-corrected chi connectivity index (χ4v) is 1.44. The predicted octanol–water partition coefficient (Wildman–Crippen LogP) is 0.633. The fraction of sp³-hybridized carbons (Fsp3) is 0.444. The van der Waals surface area contributed by atoms with Gasteiger partial charge in [-0.05, 0) is 25.0 Å². The number of carbonyl (C=O) groups excluding carboxylic acids is 1. The zero-order chi connectivity index (χ0) is 10.0. The molecule has 0 bridgehead atoms. The van der Waals surface area contributed by atoms with Gasteiger partial charge in [0.1, 0.15) is 18.2 Å². The molecule has 3 N–H and O–H groups in total. The summed E-state index contributed by atoms with van der Waals surface area (Å²) in [5.74, 6) is -0.307. The lowest BCUT2D eigenvalue weighted by molar-refractivity contribution is -0.108. The van der Waals surface area contributed by atoms with E-state index in [9.17, 15) is 9.18 Å². The van der Waals surface area contributed by atoms with E-state index in [0.29, 0.717) is 16.8 Å². The van der Waals surface area contributed by atoms with E-state index in [-0.39, 0.29) is 12.4 Å². The molecule has 1 aliphatic rings. The summed E-state index contributed by atoms with van der Waals surface area (Å²) in [4.78, 5) is 10.6. The van der Waals surface area contributed by atoms with E-state index in [1.807, 2.05) is 0 Å². The lowest BCUT2D eigenvalue weighted by atomic mass is 9.97. The zero-order valence-electron chi connectivity index (χ0n) is 7.73. The summed E-state index contributed by atoms with van der Waals surface area (Å²) in [6.45, 7) is 3.43. The van der Waals surface area contributed by atoms with Gasteiger partial charge in [0, 0.05) is 12.2 Å². The van der Waals surface area contributed by atoms with Crippen molar-refractivity contribution in [3.8, 4) is 0 Å². The number of carbonyl (C=O) groups is 1. The Bertz CT molecular complexity index is 294. The Morgan fingerprint density at radius 3 is 2.69 bits per heavy atom. The second-order valence-corrected chi connectivity index (χ2v) is 3.05. The van der Waals surface area contributed by atoms with Crippen LogP contribution in [-0.2, 0) is 4.79 Å². The molecule has 1 unspecified atom stereocenters. The Balaban J connectivity index is 3.13. The summed E-state index contributed by atoms with van der Waals surface area (Å²) < 4.78 is 13.3. The number of halogens is 1. The minimum atomic E-state index is -0.468. The highest BCUT2D eigenvalue weighted by Crippen LogP contribution is 2.24. The van der Waals surface area contributed by atoms with Crippen LogP contribution < -0.4 is 11.1 Å². The van der Waals surface area contributed by atoms with Crippen molar-refractivity contribution in [2.75, 3.05) is 6.54 Å². The van der Waals surface area contributed by atoms with Gasteiger partial charge in [0.05, 0.1) is 0 Å². The molecule has 0 aromatic heterocycles. The summed E-state index contributed by atoms with van der Waals surface area (Å²) in [5.41, 5.74) is 6.92. The molecule has 0 aliphatic carbocycles. The molecule has 0 aromatic rings. The van der Waals surface area contributed by atoms with Crippen molar-refractivity contribution >= 4 is 6.29 Å². The summed E-state index contributed by atoms with van der Waals surface area (Å²) in [7, 11) is 0. The van der Waals surface area contributed by atoms with Crippen molar-refractivity contribution in [2.24, 2.45) is 5.73 Å². The smallest absolute Gasteiger partial charge is 0.146 e. The number of rotatable bonds is 2. The molecule has 0 amide bonds. The molecule has 1 heterocycles. The summed E-state index contributed by atoms with van der Waals surface area (Å²) in [6, 6.07) is -0.468. The van der Waals surface area contributed by atoms with E-state index < -0.39 is 6.04 Å². The number of nitrogens with one attached hydrogen (secondary N) is 1. The molecule has 0 spiro atoms. The van der Waals surface area contributed by atoms with Crippen LogP contribution in [0, 0.1) is 0 Å². The highest BCUT2D eigenvalue weighted by atomic mass is 19.1. The van der Waals surface area contributed by atoms with Crippen molar-refractivity contribution in [1.29, 1.82) is 0 Å².